The molecule has 0 aromatic heterocycles. The number of nitrogens with one attached hydrogen (secondary N) is 1. The molecule has 0 aromatic carbocycles. The summed E-state index contributed by atoms with van der Waals surface area (Å²) in [6.45, 7) is 8.85. The first-order valence-electron chi connectivity index (χ1n) is 5.94. The first-order valence-corrected chi connectivity index (χ1v) is 5.94. The lowest BCUT2D eigenvalue weighted by molar-refractivity contribution is -0.146. The van der Waals surface area contributed by atoms with Crippen molar-refractivity contribution < 1.29 is 9.53 Å². The summed E-state index contributed by atoms with van der Waals surface area (Å²) in [6.07, 6.45) is 3.03. The molecule has 2 atom stereocenters. The molecule has 15 heavy (non-hydrogen) atoms. The van der Waals surface area contributed by atoms with E-state index in [2.05, 4.69) is 26.1 Å². The standard InChI is InChI=1S/C12H23NO2/c1-5-7-9(11(14)15-6-2)13-10-8-12(10,3)4/h9-10,13H,5-8H2,1-4H3. The minimum atomic E-state index is -0.110. The molecule has 0 heterocycles. The number of hydrogen-bond acceptors (Lipinski definition) is 3. The molecule has 0 amide bonds. The van der Waals surface area contributed by atoms with E-state index in [1.165, 1.54) is 0 Å². The molecule has 3 nitrogen and oxygen atoms in total. The van der Waals surface area contributed by atoms with E-state index in [9.17, 15) is 4.79 Å². The Morgan fingerprint density at radius 3 is 2.53 bits per heavy atom. The Bertz CT molecular complexity index is 226. The number of esters is 1. The topological polar surface area (TPSA) is 38.3 Å². The Morgan fingerprint density at radius 1 is 1.53 bits per heavy atom. The Hall–Kier alpha value is -0.570. The second-order valence-electron chi connectivity index (χ2n) is 5.01. The summed E-state index contributed by atoms with van der Waals surface area (Å²) in [5.41, 5.74) is 0.360. The summed E-state index contributed by atoms with van der Waals surface area (Å²) in [5, 5.41) is 3.39. The summed E-state index contributed by atoms with van der Waals surface area (Å²) in [4.78, 5) is 11.6. The molecule has 1 saturated carbocycles. The highest BCUT2D eigenvalue weighted by Gasteiger charge is 2.47. The summed E-state index contributed by atoms with van der Waals surface area (Å²) in [7, 11) is 0. The van der Waals surface area contributed by atoms with E-state index in [0.29, 0.717) is 18.1 Å². The van der Waals surface area contributed by atoms with Crippen LogP contribution in [0.1, 0.15) is 47.0 Å². The molecular formula is C12H23NO2. The summed E-state index contributed by atoms with van der Waals surface area (Å²) < 4.78 is 5.05. The number of carbonyl (C=O) groups is 1. The van der Waals surface area contributed by atoms with E-state index in [-0.39, 0.29) is 12.0 Å². The lowest BCUT2D eigenvalue weighted by atomic mass is 10.1. The van der Waals surface area contributed by atoms with Crippen molar-refractivity contribution in [1.82, 2.24) is 5.32 Å². The van der Waals surface area contributed by atoms with E-state index < -0.39 is 0 Å². The average Bonchev–Trinajstić information content (AvgIpc) is 2.73. The molecule has 0 saturated heterocycles. The minimum absolute atomic E-state index is 0.0953. The van der Waals surface area contributed by atoms with Gasteiger partial charge in [-0.2, -0.15) is 0 Å². The molecule has 0 aliphatic heterocycles. The highest BCUT2D eigenvalue weighted by Crippen LogP contribution is 2.44. The van der Waals surface area contributed by atoms with E-state index in [4.69, 9.17) is 4.74 Å². The van der Waals surface area contributed by atoms with E-state index >= 15 is 0 Å². The van der Waals surface area contributed by atoms with Crippen molar-refractivity contribution in [3.63, 3.8) is 0 Å². The van der Waals surface area contributed by atoms with Gasteiger partial charge in [0.2, 0.25) is 0 Å². The lowest BCUT2D eigenvalue weighted by Gasteiger charge is -2.17. The smallest absolute Gasteiger partial charge is 0.323 e. The highest BCUT2D eigenvalue weighted by atomic mass is 16.5. The molecule has 1 aliphatic carbocycles. The predicted octanol–water partition coefficient (Wildman–Crippen LogP) is 2.11. The van der Waals surface area contributed by atoms with E-state index in [1.54, 1.807) is 0 Å². The molecular weight excluding hydrogens is 190 g/mol. The second-order valence-corrected chi connectivity index (χ2v) is 5.01. The first kappa shape index (κ1) is 12.5. The number of hydrogen-bond donors (Lipinski definition) is 1. The average molecular weight is 213 g/mol. The molecule has 0 spiro atoms. The van der Waals surface area contributed by atoms with Crippen molar-refractivity contribution >= 4 is 5.97 Å². The predicted molar refractivity (Wildman–Crippen MR) is 60.7 cm³/mol. The fraction of sp³-hybridized carbons (Fsp3) is 0.917. The third kappa shape index (κ3) is 3.49. The Balaban J connectivity index is 2.40. The molecule has 3 heteroatoms. The number of ether oxygens (including phenoxy) is 1. The van der Waals surface area contributed by atoms with E-state index in [0.717, 1.165) is 19.3 Å². The molecule has 1 rings (SSSR count). The van der Waals surface area contributed by atoms with Crippen LogP contribution >= 0.6 is 0 Å². The largest absolute Gasteiger partial charge is 0.465 e. The Labute approximate surface area is 92.6 Å². The van der Waals surface area contributed by atoms with Gasteiger partial charge in [-0.05, 0) is 25.2 Å². The van der Waals surface area contributed by atoms with Crippen LogP contribution in [0.2, 0.25) is 0 Å². The molecule has 1 N–H and O–H groups in total. The van der Waals surface area contributed by atoms with Gasteiger partial charge in [-0.25, -0.2) is 0 Å². The maximum atomic E-state index is 11.6. The third-order valence-corrected chi connectivity index (χ3v) is 3.06. The molecule has 0 radical (unpaired) electrons. The van der Waals surface area contributed by atoms with Crippen LogP contribution in [0.3, 0.4) is 0 Å². The van der Waals surface area contributed by atoms with Crippen LogP contribution in [-0.4, -0.2) is 24.7 Å². The molecule has 88 valence electrons. The van der Waals surface area contributed by atoms with Crippen LogP contribution in [0.25, 0.3) is 0 Å². The Kier molecular flexibility index (Phi) is 4.14. The summed E-state index contributed by atoms with van der Waals surface area (Å²) >= 11 is 0. The van der Waals surface area contributed by atoms with Crippen molar-refractivity contribution in [3.05, 3.63) is 0 Å². The number of carbonyl (C=O) groups excluding carboxylic acids is 1. The van der Waals surface area contributed by atoms with Crippen LogP contribution in [0, 0.1) is 5.41 Å². The molecule has 1 aliphatic rings. The molecule has 0 aromatic rings. The fourth-order valence-corrected chi connectivity index (χ4v) is 1.80. The summed E-state index contributed by atoms with van der Waals surface area (Å²) in [6, 6.07) is 0.375. The van der Waals surface area contributed by atoms with Crippen LogP contribution in [0.15, 0.2) is 0 Å². The minimum Gasteiger partial charge on any atom is -0.465 e. The second kappa shape index (κ2) is 4.97. The summed E-state index contributed by atoms with van der Waals surface area (Å²) in [5.74, 6) is -0.0953. The van der Waals surface area contributed by atoms with Gasteiger partial charge in [0.05, 0.1) is 6.61 Å². The van der Waals surface area contributed by atoms with Crippen molar-refractivity contribution in [1.29, 1.82) is 0 Å². The zero-order valence-electron chi connectivity index (χ0n) is 10.3. The number of rotatable bonds is 6. The SMILES string of the molecule is CCCC(NC1CC1(C)C)C(=O)OCC. The van der Waals surface area contributed by atoms with Gasteiger partial charge in [0.15, 0.2) is 0 Å². The van der Waals surface area contributed by atoms with Crippen molar-refractivity contribution in [2.24, 2.45) is 5.41 Å². The van der Waals surface area contributed by atoms with Gasteiger partial charge in [0.25, 0.3) is 0 Å². The van der Waals surface area contributed by atoms with E-state index in [1.807, 2.05) is 6.92 Å². The van der Waals surface area contributed by atoms with Gasteiger partial charge in [0, 0.05) is 6.04 Å². The quantitative estimate of drug-likeness (QED) is 0.687. The van der Waals surface area contributed by atoms with Gasteiger partial charge in [0.1, 0.15) is 6.04 Å². The van der Waals surface area contributed by atoms with Crippen molar-refractivity contribution in [3.8, 4) is 0 Å². The van der Waals surface area contributed by atoms with Gasteiger partial charge in [-0.3, -0.25) is 4.79 Å². The monoisotopic (exact) mass is 213 g/mol. The van der Waals surface area contributed by atoms with Crippen LogP contribution < -0.4 is 5.32 Å². The maximum absolute atomic E-state index is 11.6. The van der Waals surface area contributed by atoms with Crippen molar-refractivity contribution in [2.45, 2.75) is 59.0 Å². The Morgan fingerprint density at radius 2 is 2.13 bits per heavy atom. The molecule has 1 fully saturated rings. The molecule has 2 unspecified atom stereocenters. The van der Waals surface area contributed by atoms with Gasteiger partial charge < -0.3 is 10.1 Å². The molecule has 0 bridgehead atoms. The van der Waals surface area contributed by atoms with Gasteiger partial charge in [-0.15, -0.1) is 0 Å². The van der Waals surface area contributed by atoms with Gasteiger partial charge >= 0.3 is 5.97 Å². The zero-order chi connectivity index (χ0) is 11.5. The van der Waals surface area contributed by atoms with Crippen LogP contribution in [0.4, 0.5) is 0 Å². The van der Waals surface area contributed by atoms with Crippen molar-refractivity contribution in [2.75, 3.05) is 6.61 Å². The fourth-order valence-electron chi connectivity index (χ4n) is 1.80. The van der Waals surface area contributed by atoms with Crippen LogP contribution in [-0.2, 0) is 9.53 Å². The zero-order valence-corrected chi connectivity index (χ0v) is 10.3. The van der Waals surface area contributed by atoms with Crippen LogP contribution in [0.5, 0.6) is 0 Å². The maximum Gasteiger partial charge on any atom is 0.323 e. The third-order valence-electron chi connectivity index (χ3n) is 3.06. The highest BCUT2D eigenvalue weighted by molar-refractivity contribution is 5.75. The van der Waals surface area contributed by atoms with Gasteiger partial charge in [-0.1, -0.05) is 27.2 Å². The normalized spacial score (nSPS) is 24.7. The first-order chi connectivity index (χ1) is 7.01. The lowest BCUT2D eigenvalue weighted by Crippen LogP contribution is -2.40.